The number of pyridine rings is 1. The number of benzene rings is 3. The van der Waals surface area contributed by atoms with Gasteiger partial charge in [-0.05, 0) is 41.8 Å². The van der Waals surface area contributed by atoms with E-state index in [1.807, 2.05) is 42.5 Å². The molecule has 7 heteroatoms. The maximum absolute atomic E-state index is 13.8. The lowest BCUT2D eigenvalue weighted by atomic mass is 10.0. The highest BCUT2D eigenvalue weighted by atomic mass is 32.2. The molecule has 0 bridgehead atoms. The quantitative estimate of drug-likeness (QED) is 0.375. The number of rotatable bonds is 3. The first-order chi connectivity index (χ1) is 16.0. The first kappa shape index (κ1) is 19.8. The number of halogens is 1. The summed E-state index contributed by atoms with van der Waals surface area (Å²) in [6.07, 6.45) is 0.614. The molecule has 33 heavy (non-hydrogen) atoms. The van der Waals surface area contributed by atoms with Gasteiger partial charge in [0.25, 0.3) is 5.56 Å². The monoisotopic (exact) mass is 457 g/mol. The minimum Gasteiger partial charge on any atom is -0.505 e. The predicted molar refractivity (Wildman–Crippen MR) is 125 cm³/mol. The van der Waals surface area contributed by atoms with Gasteiger partial charge in [-0.3, -0.25) is 9.36 Å². The molecule has 5 nitrogen and oxygen atoms in total. The van der Waals surface area contributed by atoms with Crippen molar-refractivity contribution in [3.63, 3.8) is 0 Å². The summed E-state index contributed by atoms with van der Waals surface area (Å²) in [5.74, 6) is -0.919. The van der Waals surface area contributed by atoms with Gasteiger partial charge in [0.2, 0.25) is 0 Å². The fourth-order valence-corrected chi connectivity index (χ4v) is 5.50. The van der Waals surface area contributed by atoms with Crippen LogP contribution >= 0.6 is 11.8 Å². The number of hydrogen-bond acceptors (Lipinski definition) is 5. The van der Waals surface area contributed by atoms with Gasteiger partial charge in [0, 0.05) is 10.3 Å². The summed E-state index contributed by atoms with van der Waals surface area (Å²) in [5.41, 5.74) is 1.50. The summed E-state index contributed by atoms with van der Waals surface area (Å²) < 4.78 is 20.9. The lowest BCUT2D eigenvalue weighted by Crippen LogP contribution is -2.24. The van der Waals surface area contributed by atoms with Gasteiger partial charge in [-0.25, -0.2) is 9.18 Å². The highest BCUT2D eigenvalue weighted by molar-refractivity contribution is 7.99. The first-order valence-electron chi connectivity index (χ1n) is 10.4. The number of fused-ring (bicyclic) bond motifs is 2. The SMILES string of the molecule is O=c1oc2c(c(O)c1Sc1cccc(F)c1)c(=O)n1c3c(cccc23)CC1c1ccccc1. The molecule has 1 aliphatic heterocycles. The molecular formula is C26H16FNO4S. The zero-order chi connectivity index (χ0) is 22.7. The fourth-order valence-electron chi connectivity index (χ4n) is 4.62. The van der Waals surface area contributed by atoms with Gasteiger partial charge in [0.05, 0.1) is 11.6 Å². The van der Waals surface area contributed by atoms with Crippen molar-refractivity contribution in [3.05, 3.63) is 111 Å². The van der Waals surface area contributed by atoms with Crippen molar-refractivity contribution in [2.45, 2.75) is 22.3 Å². The number of aromatic nitrogens is 1. The number of aromatic hydroxyl groups is 1. The molecule has 6 rings (SSSR count). The van der Waals surface area contributed by atoms with E-state index in [9.17, 15) is 19.1 Å². The minimum atomic E-state index is -0.781. The summed E-state index contributed by atoms with van der Waals surface area (Å²) in [5, 5.41) is 11.6. The van der Waals surface area contributed by atoms with Gasteiger partial charge in [0.15, 0.2) is 11.3 Å². The van der Waals surface area contributed by atoms with E-state index >= 15 is 0 Å². The van der Waals surface area contributed by atoms with Gasteiger partial charge in [-0.15, -0.1) is 0 Å². The summed E-state index contributed by atoms with van der Waals surface area (Å²) in [4.78, 5) is 26.8. The zero-order valence-electron chi connectivity index (χ0n) is 17.1. The third kappa shape index (κ3) is 3.00. The Morgan fingerprint density at radius 3 is 2.58 bits per heavy atom. The molecule has 2 aromatic heterocycles. The zero-order valence-corrected chi connectivity index (χ0v) is 17.9. The van der Waals surface area contributed by atoms with Crippen LogP contribution in [-0.2, 0) is 6.42 Å². The Labute approximate surface area is 190 Å². The van der Waals surface area contributed by atoms with Crippen LogP contribution in [0.3, 0.4) is 0 Å². The molecule has 3 aromatic carbocycles. The van der Waals surface area contributed by atoms with Crippen molar-refractivity contribution in [2.75, 3.05) is 0 Å². The van der Waals surface area contributed by atoms with Crippen LogP contribution in [0.15, 0.2) is 96.6 Å². The molecule has 1 N–H and O–H groups in total. The highest BCUT2D eigenvalue weighted by Gasteiger charge is 2.31. The molecule has 0 radical (unpaired) electrons. The first-order valence-corrected chi connectivity index (χ1v) is 11.2. The molecule has 162 valence electrons. The third-order valence-electron chi connectivity index (χ3n) is 6.02. The van der Waals surface area contributed by atoms with Crippen LogP contribution in [0.2, 0.25) is 0 Å². The maximum Gasteiger partial charge on any atom is 0.354 e. The minimum absolute atomic E-state index is 0.0546. The summed E-state index contributed by atoms with van der Waals surface area (Å²) in [6.45, 7) is 0. The molecule has 1 atom stereocenters. The van der Waals surface area contributed by atoms with Crippen molar-refractivity contribution in [1.29, 1.82) is 0 Å². The number of nitrogens with zero attached hydrogens (tertiary/aromatic N) is 1. The molecule has 1 aliphatic rings. The van der Waals surface area contributed by atoms with E-state index < -0.39 is 22.8 Å². The third-order valence-corrected chi connectivity index (χ3v) is 7.08. The Morgan fingerprint density at radius 2 is 1.79 bits per heavy atom. The summed E-state index contributed by atoms with van der Waals surface area (Å²) >= 11 is 0.863. The number of para-hydroxylation sites is 1. The van der Waals surface area contributed by atoms with E-state index in [1.165, 1.54) is 18.2 Å². The Kier molecular flexibility index (Phi) is 4.41. The van der Waals surface area contributed by atoms with Crippen molar-refractivity contribution < 1.29 is 13.9 Å². The van der Waals surface area contributed by atoms with Crippen LogP contribution < -0.4 is 11.2 Å². The smallest absolute Gasteiger partial charge is 0.354 e. The lowest BCUT2D eigenvalue weighted by molar-refractivity contribution is 0.446. The van der Waals surface area contributed by atoms with E-state index in [4.69, 9.17) is 4.42 Å². The van der Waals surface area contributed by atoms with Gasteiger partial charge in [-0.2, -0.15) is 0 Å². The fraction of sp³-hybridized carbons (Fsp3) is 0.0769. The maximum atomic E-state index is 13.8. The van der Waals surface area contributed by atoms with Crippen LogP contribution in [0, 0.1) is 5.82 Å². The largest absolute Gasteiger partial charge is 0.505 e. The standard InChI is InChI=1S/C26H16FNO4S/c27-16-9-5-10-17(13-16)33-24-22(29)20-23(32-26(24)31)18-11-4-8-15-12-19(14-6-2-1-3-7-14)28(21(15)18)25(20)30/h1-11,13,19,29H,12H2. The molecular weight excluding hydrogens is 441 g/mol. The number of hydrogen-bond donors (Lipinski definition) is 1. The Hall–Kier alpha value is -3.84. The van der Waals surface area contributed by atoms with Crippen molar-refractivity contribution in [3.8, 4) is 5.75 Å². The van der Waals surface area contributed by atoms with Crippen LogP contribution in [0.5, 0.6) is 5.75 Å². The van der Waals surface area contributed by atoms with Crippen LogP contribution in [0.4, 0.5) is 4.39 Å². The van der Waals surface area contributed by atoms with Crippen molar-refractivity contribution in [2.24, 2.45) is 0 Å². The van der Waals surface area contributed by atoms with Crippen LogP contribution in [0.25, 0.3) is 21.9 Å². The second kappa shape index (κ2) is 7.35. The molecule has 1 unspecified atom stereocenters. The molecule has 3 heterocycles. The molecule has 0 saturated heterocycles. The van der Waals surface area contributed by atoms with Crippen molar-refractivity contribution in [1.82, 2.24) is 4.57 Å². The second-order valence-electron chi connectivity index (χ2n) is 7.95. The topological polar surface area (TPSA) is 72.4 Å². The van der Waals surface area contributed by atoms with Crippen LogP contribution in [-0.4, -0.2) is 9.67 Å². The van der Waals surface area contributed by atoms with E-state index in [0.717, 1.165) is 22.9 Å². The van der Waals surface area contributed by atoms with Gasteiger partial charge < -0.3 is 9.52 Å². The van der Waals surface area contributed by atoms with E-state index in [0.29, 0.717) is 22.2 Å². The van der Waals surface area contributed by atoms with Crippen molar-refractivity contribution >= 4 is 33.6 Å². The molecule has 0 aliphatic carbocycles. The van der Waals surface area contributed by atoms with Gasteiger partial charge in [0.1, 0.15) is 16.1 Å². The Bertz CT molecular complexity index is 1690. The molecule has 0 saturated carbocycles. The molecule has 0 spiro atoms. The Morgan fingerprint density at radius 1 is 1.00 bits per heavy atom. The average Bonchev–Trinajstić information content (AvgIpc) is 3.21. The van der Waals surface area contributed by atoms with E-state index in [2.05, 4.69) is 0 Å². The summed E-state index contributed by atoms with van der Waals surface area (Å²) in [6, 6.07) is 20.7. The highest BCUT2D eigenvalue weighted by Crippen LogP contribution is 2.41. The van der Waals surface area contributed by atoms with E-state index in [-0.39, 0.29) is 21.9 Å². The normalized spacial score (nSPS) is 14.9. The van der Waals surface area contributed by atoms with Crippen LogP contribution in [0.1, 0.15) is 17.2 Å². The molecule has 0 amide bonds. The average molecular weight is 457 g/mol. The lowest BCUT2D eigenvalue weighted by Gasteiger charge is -2.16. The summed E-state index contributed by atoms with van der Waals surface area (Å²) in [7, 11) is 0. The second-order valence-corrected chi connectivity index (χ2v) is 9.03. The van der Waals surface area contributed by atoms with E-state index in [1.54, 1.807) is 16.7 Å². The van der Waals surface area contributed by atoms with Gasteiger partial charge in [-0.1, -0.05) is 60.3 Å². The molecule has 5 aromatic rings. The predicted octanol–water partition coefficient (Wildman–Crippen LogP) is 5.25. The Balaban J connectivity index is 1.66. The van der Waals surface area contributed by atoms with Gasteiger partial charge >= 0.3 is 5.63 Å². The molecule has 0 fully saturated rings.